The van der Waals surface area contributed by atoms with E-state index in [0.29, 0.717) is 5.92 Å². The second-order valence-corrected chi connectivity index (χ2v) is 2.86. The maximum absolute atomic E-state index is 5.64. The maximum atomic E-state index is 5.64. The van der Waals surface area contributed by atoms with E-state index in [1.165, 1.54) is 0 Å². The fourth-order valence-electron chi connectivity index (χ4n) is 0.999. The molecule has 0 saturated heterocycles. The van der Waals surface area contributed by atoms with Crippen molar-refractivity contribution < 1.29 is 0 Å². The first kappa shape index (κ1) is 7.19. The van der Waals surface area contributed by atoms with E-state index in [0.717, 1.165) is 24.2 Å². The molecule has 0 bridgehead atoms. The van der Waals surface area contributed by atoms with Crippen LogP contribution >= 0.6 is 0 Å². The first-order valence-corrected chi connectivity index (χ1v) is 3.62. The lowest BCUT2D eigenvalue weighted by Gasteiger charge is -2.01. The van der Waals surface area contributed by atoms with Crippen LogP contribution in [0.25, 0.3) is 0 Å². The zero-order valence-electron chi connectivity index (χ0n) is 6.30. The molecule has 1 unspecified atom stereocenters. The average Bonchev–Trinajstić information content (AvgIpc) is 2.04. The zero-order chi connectivity index (χ0) is 7.56. The molecule has 1 rings (SSSR count). The summed E-state index contributed by atoms with van der Waals surface area (Å²) in [5.41, 5.74) is 12.8. The molecule has 10 heavy (non-hydrogen) atoms. The molecule has 2 nitrogen and oxygen atoms in total. The molecule has 0 saturated carbocycles. The van der Waals surface area contributed by atoms with Crippen molar-refractivity contribution in [3.63, 3.8) is 0 Å². The van der Waals surface area contributed by atoms with Gasteiger partial charge in [-0.1, -0.05) is 13.0 Å². The summed E-state index contributed by atoms with van der Waals surface area (Å²) in [6.45, 7) is 2.17. The van der Waals surface area contributed by atoms with Crippen molar-refractivity contribution in [3.8, 4) is 0 Å². The van der Waals surface area contributed by atoms with Crippen molar-refractivity contribution in [1.29, 1.82) is 0 Å². The smallest absolute Gasteiger partial charge is 0.0501 e. The van der Waals surface area contributed by atoms with Gasteiger partial charge in [0, 0.05) is 5.70 Å². The van der Waals surface area contributed by atoms with Crippen molar-refractivity contribution >= 4 is 0 Å². The van der Waals surface area contributed by atoms with E-state index in [1.54, 1.807) is 0 Å². The van der Waals surface area contributed by atoms with Gasteiger partial charge in [-0.3, -0.25) is 0 Å². The Kier molecular flexibility index (Phi) is 2.00. The van der Waals surface area contributed by atoms with Crippen LogP contribution in [0.4, 0.5) is 0 Å². The van der Waals surface area contributed by atoms with Crippen molar-refractivity contribution in [2.24, 2.45) is 17.4 Å². The van der Waals surface area contributed by atoms with Gasteiger partial charge in [-0.15, -0.1) is 0 Å². The molecule has 0 heterocycles. The highest BCUT2D eigenvalue weighted by Crippen LogP contribution is 2.16. The van der Waals surface area contributed by atoms with Gasteiger partial charge in [-0.25, -0.2) is 0 Å². The largest absolute Gasteiger partial charge is 0.400 e. The number of rotatable bonds is 0. The molecule has 4 N–H and O–H groups in total. The van der Waals surface area contributed by atoms with Crippen molar-refractivity contribution in [2.45, 2.75) is 19.8 Å². The molecule has 1 aliphatic carbocycles. The van der Waals surface area contributed by atoms with Gasteiger partial charge < -0.3 is 11.5 Å². The Hall–Kier alpha value is -0.920. The minimum atomic E-state index is 0.611. The van der Waals surface area contributed by atoms with Gasteiger partial charge in [0.15, 0.2) is 0 Å². The first-order valence-electron chi connectivity index (χ1n) is 3.62. The molecule has 0 spiro atoms. The van der Waals surface area contributed by atoms with Gasteiger partial charge in [0.25, 0.3) is 0 Å². The Morgan fingerprint density at radius 1 is 1.50 bits per heavy atom. The molecule has 0 aromatic carbocycles. The highest BCUT2D eigenvalue weighted by atomic mass is 14.7. The van der Waals surface area contributed by atoms with Gasteiger partial charge in [0.2, 0.25) is 0 Å². The predicted molar refractivity (Wildman–Crippen MR) is 42.9 cm³/mol. The number of hydrogen-bond donors (Lipinski definition) is 2. The summed E-state index contributed by atoms with van der Waals surface area (Å²) in [5.74, 6) is 0.611. The molecule has 56 valence electrons. The molecular weight excluding hydrogens is 124 g/mol. The van der Waals surface area contributed by atoms with Crippen LogP contribution in [0.5, 0.6) is 0 Å². The molecule has 2 heteroatoms. The second kappa shape index (κ2) is 2.78. The van der Waals surface area contributed by atoms with Gasteiger partial charge in [-0.05, 0) is 24.8 Å². The van der Waals surface area contributed by atoms with Gasteiger partial charge >= 0.3 is 0 Å². The molecule has 0 aromatic rings. The summed E-state index contributed by atoms with van der Waals surface area (Å²) in [4.78, 5) is 0. The third kappa shape index (κ3) is 1.53. The monoisotopic (exact) mass is 138 g/mol. The highest BCUT2D eigenvalue weighted by molar-refractivity contribution is 5.23. The summed E-state index contributed by atoms with van der Waals surface area (Å²) in [6, 6.07) is 0. The first-order chi connectivity index (χ1) is 4.70. The third-order valence-electron chi connectivity index (χ3n) is 1.84. The Balaban J connectivity index is 2.72. The molecule has 1 atom stereocenters. The number of nitrogens with two attached hydrogens (primary N) is 2. The standard InChI is InChI=1S/C8H14N2/c1-6-2-4-7(9)8(10)5-3-6/h2,4,6H,3,5,9-10H2,1H3. The molecule has 0 aliphatic heterocycles. The SMILES string of the molecule is CC1C=CC(N)=C(N)CC1. The van der Waals surface area contributed by atoms with E-state index in [4.69, 9.17) is 11.5 Å². The van der Waals surface area contributed by atoms with Crippen LogP contribution in [0.1, 0.15) is 19.8 Å². The Morgan fingerprint density at radius 2 is 2.20 bits per heavy atom. The lowest BCUT2D eigenvalue weighted by molar-refractivity contribution is 0.647. The highest BCUT2D eigenvalue weighted by Gasteiger charge is 2.04. The lowest BCUT2D eigenvalue weighted by atomic mass is 10.1. The van der Waals surface area contributed by atoms with Crippen LogP contribution in [0.15, 0.2) is 23.5 Å². The molecule has 0 radical (unpaired) electrons. The fraction of sp³-hybridized carbons (Fsp3) is 0.500. The summed E-state index contributed by atoms with van der Waals surface area (Å²) < 4.78 is 0. The van der Waals surface area contributed by atoms with Crippen molar-refractivity contribution in [1.82, 2.24) is 0 Å². The van der Waals surface area contributed by atoms with Crippen molar-refractivity contribution in [2.75, 3.05) is 0 Å². The predicted octanol–water partition coefficient (Wildman–Crippen LogP) is 1.10. The lowest BCUT2D eigenvalue weighted by Crippen LogP contribution is -2.06. The summed E-state index contributed by atoms with van der Waals surface area (Å²) >= 11 is 0. The van der Waals surface area contributed by atoms with Gasteiger partial charge in [-0.2, -0.15) is 0 Å². The Morgan fingerprint density at radius 3 is 2.90 bits per heavy atom. The third-order valence-corrected chi connectivity index (χ3v) is 1.84. The molecule has 0 amide bonds. The van der Waals surface area contributed by atoms with E-state index in [9.17, 15) is 0 Å². The van der Waals surface area contributed by atoms with E-state index < -0.39 is 0 Å². The van der Waals surface area contributed by atoms with Crippen molar-refractivity contribution in [3.05, 3.63) is 23.5 Å². The van der Waals surface area contributed by atoms with Crippen LogP contribution in [0.3, 0.4) is 0 Å². The quantitative estimate of drug-likeness (QED) is 0.526. The molecular formula is C8H14N2. The minimum absolute atomic E-state index is 0.611. The maximum Gasteiger partial charge on any atom is 0.0501 e. The summed E-state index contributed by atoms with van der Waals surface area (Å²) in [7, 11) is 0. The second-order valence-electron chi connectivity index (χ2n) is 2.86. The van der Waals surface area contributed by atoms with E-state index in [-0.39, 0.29) is 0 Å². The van der Waals surface area contributed by atoms with Crippen LogP contribution < -0.4 is 11.5 Å². The summed E-state index contributed by atoms with van der Waals surface area (Å²) in [6.07, 6.45) is 6.06. The average molecular weight is 138 g/mol. The Labute approximate surface area is 61.6 Å². The normalized spacial score (nSPS) is 26.7. The zero-order valence-corrected chi connectivity index (χ0v) is 6.30. The van der Waals surface area contributed by atoms with Gasteiger partial charge in [0.05, 0.1) is 5.70 Å². The number of hydrogen-bond acceptors (Lipinski definition) is 2. The minimum Gasteiger partial charge on any atom is -0.400 e. The topological polar surface area (TPSA) is 52.0 Å². The molecule has 0 fully saturated rings. The fourth-order valence-corrected chi connectivity index (χ4v) is 0.999. The van der Waals surface area contributed by atoms with Crippen LogP contribution in [-0.4, -0.2) is 0 Å². The molecule has 0 aromatic heterocycles. The Bertz CT molecular complexity index is 180. The van der Waals surface area contributed by atoms with Gasteiger partial charge in [0.1, 0.15) is 0 Å². The van der Waals surface area contributed by atoms with Crippen LogP contribution in [0, 0.1) is 5.92 Å². The van der Waals surface area contributed by atoms with Crippen LogP contribution in [0.2, 0.25) is 0 Å². The van der Waals surface area contributed by atoms with E-state index >= 15 is 0 Å². The molecule has 1 aliphatic rings. The number of allylic oxidation sites excluding steroid dienone is 3. The van der Waals surface area contributed by atoms with Crippen LogP contribution in [-0.2, 0) is 0 Å². The van der Waals surface area contributed by atoms with E-state index in [2.05, 4.69) is 13.0 Å². The van der Waals surface area contributed by atoms with E-state index in [1.807, 2.05) is 6.08 Å². The summed E-state index contributed by atoms with van der Waals surface area (Å²) in [5, 5.41) is 0.